The number of carbonyl (C=O) groups excluding carboxylic acids is 2. The smallest absolute Gasteiger partial charge is 0.248 e. The first-order valence-corrected chi connectivity index (χ1v) is 10.1. The summed E-state index contributed by atoms with van der Waals surface area (Å²) < 4.78 is 2.26. The number of hydrogen-bond donors (Lipinski definition) is 2. The predicted octanol–water partition coefficient (Wildman–Crippen LogP) is 1.64. The highest BCUT2D eigenvalue weighted by Gasteiger charge is 2.55. The average molecular weight is 456 g/mol. The quantitative estimate of drug-likeness (QED) is 0.577. The van der Waals surface area contributed by atoms with E-state index in [4.69, 9.17) is 5.73 Å². The van der Waals surface area contributed by atoms with Crippen LogP contribution in [0.25, 0.3) is 5.52 Å². The van der Waals surface area contributed by atoms with Gasteiger partial charge in [0.05, 0.1) is 12.1 Å². The highest BCUT2D eigenvalue weighted by atomic mass is 79.9. The number of nitrogens with zero attached hydrogens (tertiary/aromatic N) is 5. The molecule has 29 heavy (non-hydrogen) atoms. The van der Waals surface area contributed by atoms with Crippen molar-refractivity contribution in [3.8, 4) is 0 Å². The van der Waals surface area contributed by atoms with E-state index in [-0.39, 0.29) is 24.3 Å². The maximum Gasteiger partial charge on any atom is 0.248 e. The molecule has 2 fully saturated rings. The number of nitrogens with two attached hydrogens (primary N) is 1. The number of piperidine rings is 1. The molecule has 4 heterocycles. The summed E-state index contributed by atoms with van der Waals surface area (Å²) in [5.41, 5.74) is 7.25. The zero-order valence-electron chi connectivity index (χ0n) is 15.3. The van der Waals surface area contributed by atoms with E-state index >= 15 is 0 Å². The van der Waals surface area contributed by atoms with Gasteiger partial charge in [0.1, 0.15) is 28.3 Å². The van der Waals surface area contributed by atoms with Crippen LogP contribution in [-0.2, 0) is 16.0 Å². The highest BCUT2D eigenvalue weighted by Crippen LogP contribution is 2.48. The van der Waals surface area contributed by atoms with Gasteiger partial charge in [0.25, 0.3) is 0 Å². The van der Waals surface area contributed by atoms with E-state index in [1.54, 1.807) is 33.7 Å². The normalized spacial score (nSPS) is 22.5. The SMILES string of the molecule is Nc1ncnn2c(CC(=O)N3C4C[C@@H]4C[C@H]3C(=O)Nc3cccc(Br)n3)ccc12. The van der Waals surface area contributed by atoms with Crippen LogP contribution in [0.1, 0.15) is 18.5 Å². The number of halogens is 1. The van der Waals surface area contributed by atoms with Gasteiger partial charge >= 0.3 is 0 Å². The second-order valence-corrected chi connectivity index (χ2v) is 8.21. The number of pyridine rings is 1. The third kappa shape index (κ3) is 3.23. The van der Waals surface area contributed by atoms with Gasteiger partial charge < -0.3 is 16.0 Å². The van der Waals surface area contributed by atoms with Crippen LogP contribution >= 0.6 is 15.9 Å². The molecule has 148 valence electrons. The second kappa shape index (κ2) is 6.80. The summed E-state index contributed by atoms with van der Waals surface area (Å²) >= 11 is 3.30. The van der Waals surface area contributed by atoms with Crippen molar-refractivity contribution in [1.82, 2.24) is 24.5 Å². The lowest BCUT2D eigenvalue weighted by atomic mass is 10.1. The molecule has 3 aromatic rings. The Bertz CT molecular complexity index is 1130. The van der Waals surface area contributed by atoms with Gasteiger partial charge in [0.15, 0.2) is 5.82 Å². The fourth-order valence-corrected chi connectivity index (χ4v) is 4.47. The number of nitrogens with one attached hydrogen (secondary N) is 1. The lowest BCUT2D eigenvalue weighted by Crippen LogP contribution is -2.46. The molecule has 1 saturated carbocycles. The van der Waals surface area contributed by atoms with E-state index in [1.165, 1.54) is 6.33 Å². The van der Waals surface area contributed by atoms with Crippen LogP contribution in [0.15, 0.2) is 41.3 Å². The standard InChI is InChI=1S/C19H18BrN7O2/c20-15-2-1-3-16(24-15)25-19(29)14-7-10-6-13(10)26(14)17(28)8-11-4-5-12-18(21)22-9-23-27(11)12/h1-5,9-10,13-14H,6-8H2,(H2,21,22,23)(H,24,25,29)/t10-,13?,14+/m1/s1. The van der Waals surface area contributed by atoms with Gasteiger partial charge in [-0.15, -0.1) is 0 Å². The van der Waals surface area contributed by atoms with Gasteiger partial charge in [-0.1, -0.05) is 6.07 Å². The molecule has 0 aromatic carbocycles. The van der Waals surface area contributed by atoms with E-state index in [2.05, 4.69) is 36.3 Å². The lowest BCUT2D eigenvalue weighted by molar-refractivity contribution is -0.137. The Balaban J connectivity index is 1.35. The van der Waals surface area contributed by atoms with Crippen molar-refractivity contribution in [1.29, 1.82) is 0 Å². The Morgan fingerprint density at radius 1 is 1.24 bits per heavy atom. The summed E-state index contributed by atoms with van der Waals surface area (Å²) in [6.07, 6.45) is 3.14. The molecule has 1 saturated heterocycles. The van der Waals surface area contributed by atoms with Gasteiger partial charge in [-0.3, -0.25) is 9.59 Å². The number of amides is 2. The molecular formula is C19H18BrN7O2. The van der Waals surface area contributed by atoms with Crippen molar-refractivity contribution < 1.29 is 9.59 Å². The zero-order valence-corrected chi connectivity index (χ0v) is 16.9. The number of hydrogen-bond acceptors (Lipinski definition) is 6. The number of likely N-dealkylation sites (tertiary alicyclic amines) is 1. The minimum absolute atomic E-state index is 0.0884. The van der Waals surface area contributed by atoms with Crippen molar-refractivity contribution in [3.63, 3.8) is 0 Å². The van der Waals surface area contributed by atoms with Crippen molar-refractivity contribution in [2.75, 3.05) is 11.1 Å². The van der Waals surface area contributed by atoms with Crippen molar-refractivity contribution in [2.24, 2.45) is 5.92 Å². The van der Waals surface area contributed by atoms with E-state index < -0.39 is 6.04 Å². The second-order valence-electron chi connectivity index (χ2n) is 7.39. The summed E-state index contributed by atoms with van der Waals surface area (Å²) in [5, 5.41) is 7.02. The molecule has 1 unspecified atom stereocenters. The molecule has 3 aromatic heterocycles. The molecule has 9 nitrogen and oxygen atoms in total. The van der Waals surface area contributed by atoms with Crippen molar-refractivity contribution in [3.05, 3.63) is 47.0 Å². The predicted molar refractivity (Wildman–Crippen MR) is 109 cm³/mol. The van der Waals surface area contributed by atoms with Crippen LogP contribution in [0, 0.1) is 5.92 Å². The number of carbonyl (C=O) groups is 2. The van der Waals surface area contributed by atoms with Crippen molar-refractivity contribution >= 4 is 44.9 Å². The Kier molecular flexibility index (Phi) is 4.23. The maximum absolute atomic E-state index is 13.1. The molecule has 3 atom stereocenters. The topological polar surface area (TPSA) is 119 Å². The fourth-order valence-electron chi connectivity index (χ4n) is 4.12. The van der Waals surface area contributed by atoms with Gasteiger partial charge in [0, 0.05) is 6.04 Å². The Hall–Kier alpha value is -3.01. The average Bonchev–Trinajstić information content (AvgIpc) is 3.15. The molecule has 0 radical (unpaired) electrons. The molecule has 3 N–H and O–H groups in total. The summed E-state index contributed by atoms with van der Waals surface area (Å²) in [7, 11) is 0. The molecule has 5 rings (SSSR count). The van der Waals surface area contributed by atoms with Crippen molar-refractivity contribution in [2.45, 2.75) is 31.3 Å². The summed E-state index contributed by atoms with van der Waals surface area (Å²) in [6, 6.07) is 8.57. The molecule has 0 spiro atoms. The molecule has 0 bridgehead atoms. The van der Waals surface area contributed by atoms with Crippen LogP contribution in [0.2, 0.25) is 0 Å². The molecule has 1 aliphatic carbocycles. The van der Waals surface area contributed by atoms with E-state index in [1.807, 2.05) is 6.07 Å². The van der Waals surface area contributed by atoms with E-state index in [0.29, 0.717) is 34.1 Å². The minimum atomic E-state index is -0.488. The van der Waals surface area contributed by atoms with E-state index in [9.17, 15) is 9.59 Å². The van der Waals surface area contributed by atoms with E-state index in [0.717, 1.165) is 12.1 Å². The lowest BCUT2D eigenvalue weighted by Gasteiger charge is -2.26. The molecule has 2 aliphatic rings. The van der Waals surface area contributed by atoms with Crippen LogP contribution < -0.4 is 11.1 Å². The number of rotatable bonds is 4. The largest absolute Gasteiger partial charge is 0.382 e. The molecule has 1 aliphatic heterocycles. The third-order valence-electron chi connectivity index (χ3n) is 5.55. The van der Waals surface area contributed by atoms with Crippen LogP contribution in [-0.4, -0.2) is 48.4 Å². The first-order valence-electron chi connectivity index (χ1n) is 9.33. The number of fused-ring (bicyclic) bond motifs is 2. The first-order chi connectivity index (χ1) is 14.0. The maximum atomic E-state index is 13.1. The summed E-state index contributed by atoms with van der Waals surface area (Å²) in [6.45, 7) is 0. The Labute approximate surface area is 174 Å². The molecule has 2 amide bonds. The Morgan fingerprint density at radius 3 is 2.93 bits per heavy atom. The van der Waals surface area contributed by atoms with Crippen LogP contribution in [0.4, 0.5) is 11.6 Å². The third-order valence-corrected chi connectivity index (χ3v) is 6.00. The summed E-state index contributed by atoms with van der Waals surface area (Å²) in [4.78, 5) is 35.9. The highest BCUT2D eigenvalue weighted by molar-refractivity contribution is 9.10. The summed E-state index contributed by atoms with van der Waals surface area (Å²) in [5.74, 6) is 0.924. The fraction of sp³-hybridized carbons (Fsp3) is 0.316. The number of aromatic nitrogens is 4. The van der Waals surface area contributed by atoms with Crippen LogP contribution in [0.3, 0.4) is 0 Å². The monoisotopic (exact) mass is 455 g/mol. The minimum Gasteiger partial charge on any atom is -0.382 e. The number of anilines is 2. The molecular weight excluding hydrogens is 438 g/mol. The van der Waals surface area contributed by atoms with Crippen LogP contribution in [0.5, 0.6) is 0 Å². The van der Waals surface area contributed by atoms with Gasteiger partial charge in [-0.25, -0.2) is 14.5 Å². The zero-order chi connectivity index (χ0) is 20.1. The van der Waals surface area contributed by atoms with Gasteiger partial charge in [-0.2, -0.15) is 5.10 Å². The Morgan fingerprint density at radius 2 is 2.10 bits per heavy atom. The van der Waals surface area contributed by atoms with Gasteiger partial charge in [-0.05, 0) is 59.0 Å². The van der Waals surface area contributed by atoms with Gasteiger partial charge in [0.2, 0.25) is 11.8 Å². The number of nitrogen functional groups attached to an aromatic ring is 1. The molecule has 10 heteroatoms. The first kappa shape index (κ1) is 18.0.